The van der Waals surface area contributed by atoms with Crippen LogP contribution in [-0.2, 0) is 4.79 Å². The third kappa shape index (κ3) is 4.93. The summed E-state index contributed by atoms with van der Waals surface area (Å²) in [6.07, 6.45) is 6.99. The summed E-state index contributed by atoms with van der Waals surface area (Å²) in [5.74, 6) is 1.70. The van der Waals surface area contributed by atoms with E-state index in [1.165, 1.54) is 0 Å². The first kappa shape index (κ1) is 15.4. The standard InChI is InChI=1S/C12H20O2.C2H6/c1-9(11-5-6-11)10(2)12(8-14)4-3-7-13;1-2/h5-6,8-13H,3-4,7H2,1-2H3;1-2H3. The average Bonchev–Trinajstić information content (AvgIpc) is 3.15. The molecule has 0 aromatic carbocycles. The SMILES string of the molecule is CC.CC(C1C=C1)C(C)C(C=O)CCCO. The van der Waals surface area contributed by atoms with Crippen LogP contribution in [0.3, 0.4) is 0 Å². The van der Waals surface area contributed by atoms with Crippen LogP contribution in [0.2, 0.25) is 0 Å². The summed E-state index contributed by atoms with van der Waals surface area (Å²) in [5.41, 5.74) is 0. The van der Waals surface area contributed by atoms with Crippen molar-refractivity contribution < 1.29 is 9.90 Å². The molecule has 2 nitrogen and oxygen atoms in total. The second-order valence-corrected chi connectivity index (χ2v) is 4.35. The van der Waals surface area contributed by atoms with Gasteiger partial charge in [0, 0.05) is 12.5 Å². The number of carbonyl (C=O) groups excluding carboxylic acids is 1. The van der Waals surface area contributed by atoms with Crippen molar-refractivity contribution in [2.24, 2.45) is 23.7 Å². The zero-order valence-electron chi connectivity index (χ0n) is 11.0. The molecule has 0 bridgehead atoms. The number of aliphatic hydroxyl groups is 1. The van der Waals surface area contributed by atoms with Gasteiger partial charge in [-0.15, -0.1) is 0 Å². The lowest BCUT2D eigenvalue weighted by atomic mass is 9.79. The van der Waals surface area contributed by atoms with Crippen LogP contribution in [0.1, 0.15) is 40.5 Å². The van der Waals surface area contributed by atoms with Gasteiger partial charge in [-0.25, -0.2) is 0 Å². The van der Waals surface area contributed by atoms with E-state index in [0.29, 0.717) is 17.8 Å². The van der Waals surface area contributed by atoms with E-state index in [2.05, 4.69) is 26.0 Å². The molecule has 2 heteroatoms. The van der Waals surface area contributed by atoms with E-state index in [1.54, 1.807) is 0 Å². The van der Waals surface area contributed by atoms with Gasteiger partial charge in [-0.05, 0) is 30.6 Å². The minimum absolute atomic E-state index is 0.111. The molecule has 0 saturated carbocycles. The maximum atomic E-state index is 10.9. The highest BCUT2D eigenvalue weighted by molar-refractivity contribution is 5.54. The van der Waals surface area contributed by atoms with E-state index >= 15 is 0 Å². The van der Waals surface area contributed by atoms with Gasteiger partial charge < -0.3 is 9.90 Å². The molecule has 0 amide bonds. The summed E-state index contributed by atoms with van der Waals surface area (Å²) in [6.45, 7) is 8.53. The molecule has 0 fully saturated rings. The molecular formula is C14H26O2. The van der Waals surface area contributed by atoms with Crippen LogP contribution in [0.5, 0.6) is 0 Å². The van der Waals surface area contributed by atoms with Crippen molar-refractivity contribution in [3.05, 3.63) is 12.2 Å². The summed E-state index contributed by atoms with van der Waals surface area (Å²) < 4.78 is 0. The summed E-state index contributed by atoms with van der Waals surface area (Å²) in [5, 5.41) is 8.72. The molecule has 1 aliphatic carbocycles. The Morgan fingerprint density at radius 1 is 1.31 bits per heavy atom. The lowest BCUT2D eigenvalue weighted by Gasteiger charge is -2.25. The molecule has 0 spiro atoms. The van der Waals surface area contributed by atoms with Crippen molar-refractivity contribution in [2.75, 3.05) is 6.61 Å². The smallest absolute Gasteiger partial charge is 0.123 e. The fourth-order valence-electron chi connectivity index (χ4n) is 1.94. The summed E-state index contributed by atoms with van der Waals surface area (Å²) in [7, 11) is 0. The Morgan fingerprint density at radius 2 is 1.88 bits per heavy atom. The summed E-state index contributed by atoms with van der Waals surface area (Å²) in [4.78, 5) is 10.9. The third-order valence-corrected chi connectivity index (χ3v) is 3.40. The largest absolute Gasteiger partial charge is 0.396 e. The minimum atomic E-state index is 0.111. The first-order valence-corrected chi connectivity index (χ1v) is 6.45. The summed E-state index contributed by atoms with van der Waals surface area (Å²) >= 11 is 0. The van der Waals surface area contributed by atoms with Gasteiger partial charge in [0.15, 0.2) is 0 Å². The van der Waals surface area contributed by atoms with Crippen molar-refractivity contribution >= 4 is 6.29 Å². The highest BCUT2D eigenvalue weighted by Gasteiger charge is 2.29. The first-order chi connectivity index (χ1) is 7.70. The number of hydrogen-bond acceptors (Lipinski definition) is 2. The van der Waals surface area contributed by atoms with E-state index < -0.39 is 0 Å². The number of rotatable bonds is 7. The number of hydrogen-bond donors (Lipinski definition) is 1. The number of carbonyl (C=O) groups is 1. The molecule has 1 aliphatic rings. The van der Waals surface area contributed by atoms with Crippen LogP contribution < -0.4 is 0 Å². The molecular weight excluding hydrogens is 200 g/mol. The lowest BCUT2D eigenvalue weighted by Crippen LogP contribution is -2.22. The van der Waals surface area contributed by atoms with Gasteiger partial charge in [-0.3, -0.25) is 0 Å². The van der Waals surface area contributed by atoms with E-state index in [-0.39, 0.29) is 12.5 Å². The first-order valence-electron chi connectivity index (χ1n) is 6.45. The number of allylic oxidation sites excluding steroid dienone is 2. The number of aliphatic hydroxyl groups excluding tert-OH is 1. The van der Waals surface area contributed by atoms with E-state index in [9.17, 15) is 4.79 Å². The number of aldehydes is 1. The molecule has 0 aromatic heterocycles. The Morgan fingerprint density at radius 3 is 2.25 bits per heavy atom. The Labute approximate surface area is 99.7 Å². The molecule has 0 heterocycles. The summed E-state index contributed by atoms with van der Waals surface area (Å²) in [6, 6.07) is 0. The molecule has 16 heavy (non-hydrogen) atoms. The monoisotopic (exact) mass is 226 g/mol. The fraction of sp³-hybridized carbons (Fsp3) is 0.786. The van der Waals surface area contributed by atoms with Crippen LogP contribution in [0.15, 0.2) is 12.2 Å². The Bertz CT molecular complexity index is 205. The second-order valence-electron chi connectivity index (χ2n) is 4.35. The topological polar surface area (TPSA) is 37.3 Å². The van der Waals surface area contributed by atoms with Crippen LogP contribution in [0.4, 0.5) is 0 Å². The molecule has 1 rings (SSSR count). The minimum Gasteiger partial charge on any atom is -0.396 e. The Hall–Kier alpha value is -0.630. The molecule has 0 aliphatic heterocycles. The highest BCUT2D eigenvalue weighted by atomic mass is 16.2. The zero-order chi connectivity index (χ0) is 12.6. The molecule has 3 atom stereocenters. The van der Waals surface area contributed by atoms with E-state index in [4.69, 9.17) is 5.11 Å². The molecule has 1 N–H and O–H groups in total. The average molecular weight is 226 g/mol. The van der Waals surface area contributed by atoms with Crippen LogP contribution in [0.25, 0.3) is 0 Å². The van der Waals surface area contributed by atoms with Gasteiger partial charge in [-0.1, -0.05) is 39.8 Å². The van der Waals surface area contributed by atoms with Crippen molar-refractivity contribution in [1.82, 2.24) is 0 Å². The van der Waals surface area contributed by atoms with Crippen molar-refractivity contribution in [1.29, 1.82) is 0 Å². The molecule has 94 valence electrons. The normalized spacial score (nSPS) is 19.3. The Balaban J connectivity index is 0.00000106. The predicted octanol–water partition coefficient (Wildman–Crippen LogP) is 3.06. The van der Waals surface area contributed by atoms with Gasteiger partial charge in [0.2, 0.25) is 0 Å². The maximum absolute atomic E-state index is 10.9. The fourth-order valence-corrected chi connectivity index (χ4v) is 1.94. The van der Waals surface area contributed by atoms with Gasteiger partial charge in [0.05, 0.1) is 0 Å². The Kier molecular flexibility index (Phi) is 8.18. The van der Waals surface area contributed by atoms with Gasteiger partial charge in [-0.2, -0.15) is 0 Å². The van der Waals surface area contributed by atoms with Crippen molar-refractivity contribution in [2.45, 2.75) is 40.5 Å². The van der Waals surface area contributed by atoms with E-state index in [1.807, 2.05) is 13.8 Å². The molecule has 0 radical (unpaired) electrons. The quantitative estimate of drug-likeness (QED) is 0.535. The van der Waals surface area contributed by atoms with Gasteiger partial charge >= 0.3 is 0 Å². The van der Waals surface area contributed by atoms with Gasteiger partial charge in [0.1, 0.15) is 6.29 Å². The van der Waals surface area contributed by atoms with Crippen LogP contribution >= 0.6 is 0 Å². The lowest BCUT2D eigenvalue weighted by molar-refractivity contribution is -0.113. The maximum Gasteiger partial charge on any atom is 0.123 e. The van der Waals surface area contributed by atoms with Gasteiger partial charge in [0.25, 0.3) is 0 Å². The van der Waals surface area contributed by atoms with E-state index in [0.717, 1.165) is 19.1 Å². The zero-order valence-corrected chi connectivity index (χ0v) is 11.0. The molecule has 0 aromatic rings. The third-order valence-electron chi connectivity index (χ3n) is 3.40. The predicted molar refractivity (Wildman–Crippen MR) is 68.2 cm³/mol. The van der Waals surface area contributed by atoms with Crippen LogP contribution in [0, 0.1) is 23.7 Å². The molecule has 0 saturated heterocycles. The second kappa shape index (κ2) is 8.51. The van der Waals surface area contributed by atoms with Crippen LogP contribution in [-0.4, -0.2) is 18.0 Å². The molecule has 3 unspecified atom stereocenters. The van der Waals surface area contributed by atoms with Crippen molar-refractivity contribution in [3.63, 3.8) is 0 Å². The highest BCUT2D eigenvalue weighted by Crippen LogP contribution is 2.35. The van der Waals surface area contributed by atoms with Crippen molar-refractivity contribution in [3.8, 4) is 0 Å².